The number of hydrogen-bond acceptors (Lipinski definition) is 5. The lowest BCUT2D eigenvalue weighted by atomic mass is 9.86. The Morgan fingerprint density at radius 1 is 1.30 bits per heavy atom. The van der Waals surface area contributed by atoms with Gasteiger partial charge in [-0.2, -0.15) is 0 Å². The van der Waals surface area contributed by atoms with Crippen LogP contribution in [0.25, 0.3) is 0 Å². The number of carbonyl (C=O) groups excluding carboxylic acids is 1. The number of amides is 1. The van der Waals surface area contributed by atoms with Crippen molar-refractivity contribution in [3.63, 3.8) is 0 Å². The summed E-state index contributed by atoms with van der Waals surface area (Å²) in [6, 6.07) is 9.96. The van der Waals surface area contributed by atoms with Gasteiger partial charge in [-0.05, 0) is 37.8 Å². The third kappa shape index (κ3) is 5.25. The predicted octanol–water partition coefficient (Wildman–Crippen LogP) is 3.74. The Morgan fingerprint density at radius 3 is 2.78 bits per heavy atom. The monoisotopic (exact) mass is 388 g/mol. The highest BCUT2D eigenvalue weighted by atomic mass is 32.2. The third-order valence-electron chi connectivity index (χ3n) is 5.08. The number of para-hydroxylation sites is 1. The molecule has 0 aliphatic heterocycles. The Hall–Kier alpha value is -2.02. The highest BCUT2D eigenvalue weighted by Crippen LogP contribution is 2.25. The fraction of sp³-hybridized carbons (Fsp3) is 0.550. The molecule has 1 aliphatic carbocycles. The van der Waals surface area contributed by atoms with Crippen LogP contribution >= 0.6 is 11.8 Å². The minimum Gasteiger partial charge on any atom is -0.483 e. The van der Waals surface area contributed by atoms with Crippen LogP contribution in [0.2, 0.25) is 0 Å². The van der Waals surface area contributed by atoms with E-state index in [1.165, 1.54) is 31.0 Å². The van der Waals surface area contributed by atoms with E-state index >= 15 is 0 Å². The molecule has 3 rings (SSSR count). The lowest BCUT2D eigenvalue weighted by Gasteiger charge is -2.29. The molecule has 0 saturated heterocycles. The lowest BCUT2D eigenvalue weighted by molar-refractivity contribution is -0.119. The van der Waals surface area contributed by atoms with Crippen molar-refractivity contribution in [1.82, 2.24) is 20.1 Å². The first-order valence-corrected chi connectivity index (χ1v) is 10.6. The molecule has 1 aromatic carbocycles. The number of nitrogens with one attached hydrogen (secondary N) is 1. The van der Waals surface area contributed by atoms with Crippen LogP contribution in [0.5, 0.6) is 5.75 Å². The van der Waals surface area contributed by atoms with Crippen molar-refractivity contribution in [2.24, 2.45) is 13.0 Å². The molecule has 1 amide bonds. The van der Waals surface area contributed by atoms with Gasteiger partial charge in [-0.25, -0.2) is 0 Å². The Morgan fingerprint density at radius 2 is 2.04 bits per heavy atom. The SMILES string of the molecule is C[C@H](Oc1ccccc1)c1nnc(SCC(=O)N[C@H]2CCCC[C@@H]2C)n1C. The first kappa shape index (κ1) is 19.7. The zero-order valence-corrected chi connectivity index (χ0v) is 17.0. The summed E-state index contributed by atoms with van der Waals surface area (Å²) in [6.07, 6.45) is 4.53. The van der Waals surface area contributed by atoms with E-state index in [0.29, 0.717) is 17.7 Å². The molecule has 0 radical (unpaired) electrons. The van der Waals surface area contributed by atoms with Gasteiger partial charge in [-0.15, -0.1) is 10.2 Å². The van der Waals surface area contributed by atoms with Gasteiger partial charge in [0, 0.05) is 13.1 Å². The fourth-order valence-corrected chi connectivity index (χ4v) is 4.20. The summed E-state index contributed by atoms with van der Waals surface area (Å²) in [6.45, 7) is 4.17. The second kappa shape index (κ2) is 9.26. The van der Waals surface area contributed by atoms with E-state index < -0.39 is 0 Å². The van der Waals surface area contributed by atoms with Crippen LogP contribution in [0, 0.1) is 5.92 Å². The molecule has 1 aromatic heterocycles. The maximum Gasteiger partial charge on any atom is 0.230 e. The molecule has 1 saturated carbocycles. The van der Waals surface area contributed by atoms with Gasteiger partial charge in [0.25, 0.3) is 0 Å². The average Bonchev–Trinajstić information content (AvgIpc) is 3.03. The molecular weight excluding hydrogens is 360 g/mol. The molecule has 1 heterocycles. The van der Waals surface area contributed by atoms with Crippen LogP contribution in [0.1, 0.15) is 51.5 Å². The zero-order valence-electron chi connectivity index (χ0n) is 16.2. The molecule has 1 aliphatic rings. The third-order valence-corrected chi connectivity index (χ3v) is 6.10. The van der Waals surface area contributed by atoms with Crippen molar-refractivity contribution in [2.45, 2.75) is 56.8 Å². The van der Waals surface area contributed by atoms with E-state index in [4.69, 9.17) is 4.74 Å². The molecule has 3 atom stereocenters. The number of rotatable bonds is 7. The van der Waals surface area contributed by atoms with E-state index in [9.17, 15) is 4.79 Å². The summed E-state index contributed by atoms with van der Waals surface area (Å²) in [4.78, 5) is 12.3. The molecule has 1 N–H and O–H groups in total. The number of aromatic nitrogens is 3. The summed E-state index contributed by atoms with van der Waals surface area (Å²) in [5.74, 6) is 2.51. The molecular formula is C20H28N4O2S. The molecule has 2 aromatic rings. The Kier molecular flexibility index (Phi) is 6.77. The van der Waals surface area contributed by atoms with Crippen molar-refractivity contribution in [1.29, 1.82) is 0 Å². The maximum atomic E-state index is 12.3. The largest absolute Gasteiger partial charge is 0.483 e. The van der Waals surface area contributed by atoms with Crippen LogP contribution in [-0.4, -0.2) is 32.5 Å². The standard InChI is InChI=1S/C20H28N4O2S/c1-14-9-7-8-12-17(14)21-18(25)13-27-20-23-22-19(24(20)3)15(2)26-16-10-5-4-6-11-16/h4-6,10-11,14-15,17H,7-9,12-13H2,1-3H3,(H,21,25)/t14-,15-,17-/m0/s1. The summed E-state index contributed by atoms with van der Waals surface area (Å²) < 4.78 is 7.82. The fourth-order valence-electron chi connectivity index (χ4n) is 3.47. The van der Waals surface area contributed by atoms with Crippen LogP contribution in [0.15, 0.2) is 35.5 Å². The first-order valence-electron chi connectivity index (χ1n) is 9.57. The Balaban J connectivity index is 1.53. The molecule has 0 spiro atoms. The van der Waals surface area contributed by atoms with Crippen molar-refractivity contribution in [3.8, 4) is 5.75 Å². The Labute approximate surface area is 165 Å². The summed E-state index contributed by atoms with van der Waals surface area (Å²) in [7, 11) is 1.91. The topological polar surface area (TPSA) is 69.0 Å². The van der Waals surface area contributed by atoms with Crippen LogP contribution in [-0.2, 0) is 11.8 Å². The van der Waals surface area contributed by atoms with Gasteiger partial charge in [0.1, 0.15) is 5.75 Å². The van der Waals surface area contributed by atoms with Gasteiger partial charge in [-0.3, -0.25) is 4.79 Å². The number of carbonyl (C=O) groups is 1. The van der Waals surface area contributed by atoms with Crippen LogP contribution in [0.4, 0.5) is 0 Å². The minimum atomic E-state index is -0.226. The van der Waals surface area contributed by atoms with Crippen molar-refractivity contribution >= 4 is 17.7 Å². The van der Waals surface area contributed by atoms with Crippen molar-refractivity contribution in [2.75, 3.05) is 5.75 Å². The predicted molar refractivity (Wildman–Crippen MR) is 107 cm³/mol. The van der Waals surface area contributed by atoms with Crippen molar-refractivity contribution < 1.29 is 9.53 Å². The quantitative estimate of drug-likeness (QED) is 0.732. The van der Waals surface area contributed by atoms with Gasteiger partial charge >= 0.3 is 0 Å². The summed E-state index contributed by atoms with van der Waals surface area (Å²) in [5.41, 5.74) is 0. The second-order valence-electron chi connectivity index (χ2n) is 7.20. The van der Waals surface area contributed by atoms with Crippen LogP contribution < -0.4 is 10.1 Å². The lowest BCUT2D eigenvalue weighted by Crippen LogP contribution is -2.41. The van der Waals surface area contributed by atoms with E-state index in [0.717, 1.165) is 23.2 Å². The summed E-state index contributed by atoms with van der Waals surface area (Å²) in [5, 5.41) is 12.4. The molecule has 0 unspecified atom stereocenters. The maximum absolute atomic E-state index is 12.3. The van der Waals surface area contributed by atoms with Gasteiger partial charge in [-0.1, -0.05) is 49.7 Å². The second-order valence-corrected chi connectivity index (χ2v) is 8.14. The number of hydrogen-bond donors (Lipinski definition) is 1. The highest BCUT2D eigenvalue weighted by molar-refractivity contribution is 7.99. The van der Waals surface area contributed by atoms with Gasteiger partial charge in [0.05, 0.1) is 5.75 Å². The molecule has 0 bridgehead atoms. The van der Waals surface area contributed by atoms with Gasteiger partial charge in [0.15, 0.2) is 17.1 Å². The van der Waals surface area contributed by atoms with Crippen molar-refractivity contribution in [3.05, 3.63) is 36.2 Å². The molecule has 1 fully saturated rings. The zero-order chi connectivity index (χ0) is 19.2. The first-order chi connectivity index (χ1) is 13.0. The normalized spacial score (nSPS) is 20.9. The average molecular weight is 389 g/mol. The molecule has 27 heavy (non-hydrogen) atoms. The molecule has 7 heteroatoms. The summed E-state index contributed by atoms with van der Waals surface area (Å²) >= 11 is 1.41. The van der Waals surface area contributed by atoms with E-state index in [1.54, 1.807) is 0 Å². The van der Waals surface area contributed by atoms with E-state index in [1.807, 2.05) is 48.9 Å². The molecule has 6 nitrogen and oxygen atoms in total. The minimum absolute atomic E-state index is 0.0666. The van der Waals surface area contributed by atoms with Gasteiger partial charge < -0.3 is 14.6 Å². The smallest absolute Gasteiger partial charge is 0.230 e. The van der Waals surface area contributed by atoms with Crippen LogP contribution in [0.3, 0.4) is 0 Å². The molecule has 146 valence electrons. The Bertz CT molecular complexity index is 750. The highest BCUT2D eigenvalue weighted by Gasteiger charge is 2.23. The van der Waals surface area contributed by atoms with E-state index in [-0.39, 0.29) is 12.0 Å². The number of thioether (sulfide) groups is 1. The number of ether oxygens (including phenoxy) is 1. The van der Waals surface area contributed by atoms with E-state index in [2.05, 4.69) is 22.4 Å². The van der Waals surface area contributed by atoms with Gasteiger partial charge in [0.2, 0.25) is 5.91 Å². The number of benzene rings is 1. The number of nitrogens with zero attached hydrogens (tertiary/aromatic N) is 3.